The summed E-state index contributed by atoms with van der Waals surface area (Å²) in [4.78, 5) is 69.8. The van der Waals surface area contributed by atoms with E-state index in [-0.39, 0.29) is 25.3 Å². The van der Waals surface area contributed by atoms with Crippen LogP contribution in [0.2, 0.25) is 0 Å². The summed E-state index contributed by atoms with van der Waals surface area (Å²) in [6, 6.07) is 2.44. The summed E-state index contributed by atoms with van der Waals surface area (Å²) in [5.41, 5.74) is 23.3. The Hall–Kier alpha value is -4.66. The van der Waals surface area contributed by atoms with Crippen LogP contribution in [0.25, 0.3) is 10.9 Å². The molecule has 13 N–H and O–H groups in total. The largest absolute Gasteiger partial charge is 0.480 e. The monoisotopic (exact) mass is 587 g/mol. The van der Waals surface area contributed by atoms with Crippen LogP contribution in [0.4, 0.5) is 0 Å². The number of nitrogens with one attached hydrogen (secondary N) is 4. The topological polar surface area (TPSA) is 274 Å². The molecule has 42 heavy (non-hydrogen) atoms. The van der Waals surface area contributed by atoms with Crippen molar-refractivity contribution in [2.75, 3.05) is 6.54 Å². The van der Waals surface area contributed by atoms with Crippen LogP contribution in [0.15, 0.2) is 35.5 Å². The molecule has 0 aliphatic carbocycles. The Labute approximate surface area is 243 Å². The van der Waals surface area contributed by atoms with E-state index >= 15 is 0 Å². The number of carbonyl (C=O) groups excluding carboxylic acids is 4. The molecule has 0 radical (unpaired) electrons. The highest BCUT2D eigenvalue weighted by Gasteiger charge is 2.33. The molecule has 0 bridgehead atoms. The van der Waals surface area contributed by atoms with Crippen molar-refractivity contribution < 1.29 is 29.1 Å². The molecule has 1 aromatic heterocycles. The number of hydrogen-bond acceptors (Lipinski definition) is 7. The number of aromatic amines is 1. The van der Waals surface area contributed by atoms with Gasteiger partial charge in [0.05, 0.1) is 12.5 Å². The highest BCUT2D eigenvalue weighted by Crippen LogP contribution is 2.19. The van der Waals surface area contributed by atoms with Crippen molar-refractivity contribution in [2.24, 2.45) is 33.8 Å². The summed E-state index contributed by atoms with van der Waals surface area (Å²) in [5.74, 6) is -4.95. The molecule has 0 saturated carbocycles. The molecule has 0 aliphatic rings. The van der Waals surface area contributed by atoms with E-state index in [1.54, 1.807) is 20.0 Å². The molecule has 0 saturated heterocycles. The third-order valence-electron chi connectivity index (χ3n) is 6.85. The van der Waals surface area contributed by atoms with Crippen molar-refractivity contribution >= 4 is 46.5 Å². The highest BCUT2D eigenvalue weighted by molar-refractivity contribution is 5.96. The third kappa shape index (κ3) is 10.1. The van der Waals surface area contributed by atoms with Crippen molar-refractivity contribution in [1.29, 1.82) is 0 Å². The first-order chi connectivity index (χ1) is 19.8. The maximum atomic E-state index is 13.3. The van der Waals surface area contributed by atoms with Gasteiger partial charge in [-0.3, -0.25) is 24.2 Å². The lowest BCUT2D eigenvalue weighted by atomic mass is 9.96. The van der Waals surface area contributed by atoms with Gasteiger partial charge in [-0.15, -0.1) is 0 Å². The summed E-state index contributed by atoms with van der Waals surface area (Å²) >= 11 is 0. The molecule has 5 atom stereocenters. The molecular formula is C27H41N9O6. The number of benzene rings is 1. The van der Waals surface area contributed by atoms with Crippen LogP contribution >= 0.6 is 0 Å². The number of H-pyrrole nitrogens is 1. The molecule has 2 aromatic rings. The minimum atomic E-state index is -1.42. The van der Waals surface area contributed by atoms with E-state index in [0.717, 1.165) is 10.9 Å². The lowest BCUT2D eigenvalue weighted by Gasteiger charge is -2.28. The Morgan fingerprint density at radius 3 is 2.26 bits per heavy atom. The van der Waals surface area contributed by atoms with Gasteiger partial charge in [-0.25, -0.2) is 4.79 Å². The van der Waals surface area contributed by atoms with Gasteiger partial charge in [-0.05, 0) is 30.4 Å². The number of aliphatic carboxylic acids is 1. The summed E-state index contributed by atoms with van der Waals surface area (Å²) in [7, 11) is 0. The van der Waals surface area contributed by atoms with Crippen molar-refractivity contribution in [2.45, 2.75) is 70.1 Å². The average molecular weight is 588 g/mol. The maximum Gasteiger partial charge on any atom is 0.326 e. The van der Waals surface area contributed by atoms with Crippen LogP contribution < -0.4 is 38.9 Å². The zero-order valence-corrected chi connectivity index (χ0v) is 23.8. The fourth-order valence-electron chi connectivity index (χ4n) is 4.28. The molecule has 15 nitrogen and oxygen atoms in total. The Kier molecular flexibility index (Phi) is 12.7. The number of primary amides is 1. The van der Waals surface area contributed by atoms with Crippen molar-refractivity contribution in [3.05, 3.63) is 36.0 Å². The Bertz CT molecular complexity index is 1290. The van der Waals surface area contributed by atoms with Gasteiger partial charge in [-0.1, -0.05) is 38.5 Å². The number of carboxylic acid groups (broad SMARTS) is 1. The summed E-state index contributed by atoms with van der Waals surface area (Å²) < 4.78 is 0. The molecule has 5 unspecified atom stereocenters. The van der Waals surface area contributed by atoms with Crippen molar-refractivity contribution in [3.63, 3.8) is 0 Å². The molecule has 2 rings (SSSR count). The number of para-hydroxylation sites is 1. The van der Waals surface area contributed by atoms with Crippen LogP contribution in [-0.4, -0.2) is 76.4 Å². The predicted molar refractivity (Wildman–Crippen MR) is 157 cm³/mol. The molecule has 4 amide bonds. The number of aromatic nitrogens is 1. The number of carboxylic acids is 1. The summed E-state index contributed by atoms with van der Waals surface area (Å²) in [5, 5.41) is 18.2. The Morgan fingerprint density at radius 1 is 0.976 bits per heavy atom. The first-order valence-electron chi connectivity index (χ1n) is 13.6. The van der Waals surface area contributed by atoms with E-state index < -0.39 is 66.1 Å². The molecule has 1 aromatic carbocycles. The van der Waals surface area contributed by atoms with Gasteiger partial charge in [0.2, 0.25) is 23.6 Å². The Balaban J connectivity index is 2.14. The van der Waals surface area contributed by atoms with Crippen LogP contribution in [0.5, 0.6) is 0 Å². The number of rotatable bonds is 17. The predicted octanol–water partition coefficient (Wildman–Crippen LogP) is -1.45. The van der Waals surface area contributed by atoms with Gasteiger partial charge >= 0.3 is 5.97 Å². The fraction of sp³-hybridized carbons (Fsp3) is 0.481. The number of hydrogen-bond donors (Lipinski definition) is 9. The SMILES string of the molecule is CCC(C)C(NC(=O)C(CC(N)=O)NC(=O)C(N)CCCN=C(N)N)C(=O)NC(Cc1c[nH]c2ccccc12)C(=O)O. The number of nitrogens with zero attached hydrogens (tertiary/aromatic N) is 1. The van der Waals surface area contributed by atoms with Crippen molar-refractivity contribution in [3.8, 4) is 0 Å². The zero-order chi connectivity index (χ0) is 31.4. The van der Waals surface area contributed by atoms with Gasteiger partial charge in [-0.2, -0.15) is 0 Å². The average Bonchev–Trinajstić information content (AvgIpc) is 3.34. The van der Waals surface area contributed by atoms with Gasteiger partial charge in [0, 0.05) is 30.1 Å². The molecular weight excluding hydrogens is 546 g/mol. The number of guanidine groups is 1. The van der Waals surface area contributed by atoms with E-state index in [9.17, 15) is 29.1 Å². The molecule has 0 spiro atoms. The standard InChI is InChI=1S/C27H41N9O6/c1-3-14(2)22(25(40)35-20(26(41)42)11-15-13-33-18-9-5-4-7-16(15)18)36-24(39)19(12-21(29)37)34-23(38)17(28)8-6-10-32-27(30)31/h4-5,7,9,13-14,17,19-20,22,33H,3,6,8,10-12,28H2,1-2H3,(H2,29,37)(H,34,38)(H,35,40)(H,36,39)(H,41,42)(H4,30,31,32). The van der Waals surface area contributed by atoms with E-state index in [1.807, 2.05) is 24.3 Å². The zero-order valence-electron chi connectivity index (χ0n) is 23.8. The van der Waals surface area contributed by atoms with Gasteiger partial charge in [0.25, 0.3) is 0 Å². The maximum absolute atomic E-state index is 13.3. The first-order valence-corrected chi connectivity index (χ1v) is 13.6. The lowest BCUT2D eigenvalue weighted by Crippen LogP contribution is -2.59. The second kappa shape index (κ2) is 16.0. The van der Waals surface area contributed by atoms with E-state index in [2.05, 4.69) is 25.9 Å². The van der Waals surface area contributed by atoms with Gasteiger partial charge in [0.1, 0.15) is 18.1 Å². The number of aliphatic imine (C=N–C) groups is 1. The van der Waals surface area contributed by atoms with E-state index in [4.69, 9.17) is 22.9 Å². The highest BCUT2D eigenvalue weighted by atomic mass is 16.4. The minimum absolute atomic E-state index is 0.00626. The molecule has 0 aliphatic heterocycles. The molecule has 15 heteroatoms. The van der Waals surface area contributed by atoms with Gasteiger partial charge < -0.3 is 49.0 Å². The molecule has 230 valence electrons. The van der Waals surface area contributed by atoms with E-state index in [1.165, 1.54) is 0 Å². The van der Waals surface area contributed by atoms with Crippen LogP contribution in [-0.2, 0) is 30.4 Å². The smallest absolute Gasteiger partial charge is 0.326 e. The third-order valence-corrected chi connectivity index (χ3v) is 6.85. The number of carbonyl (C=O) groups is 5. The van der Waals surface area contributed by atoms with Crippen LogP contribution in [0.3, 0.4) is 0 Å². The number of amides is 4. The lowest BCUT2D eigenvalue weighted by molar-refractivity contribution is -0.142. The quantitative estimate of drug-likeness (QED) is 0.0594. The van der Waals surface area contributed by atoms with Gasteiger partial charge in [0.15, 0.2) is 5.96 Å². The van der Waals surface area contributed by atoms with Crippen molar-refractivity contribution in [1.82, 2.24) is 20.9 Å². The first kappa shape index (κ1) is 33.5. The molecule has 0 fully saturated rings. The minimum Gasteiger partial charge on any atom is -0.480 e. The number of fused-ring (bicyclic) bond motifs is 1. The second-order valence-corrected chi connectivity index (χ2v) is 10.1. The summed E-state index contributed by atoms with van der Waals surface area (Å²) in [6.45, 7) is 3.74. The fourth-order valence-corrected chi connectivity index (χ4v) is 4.28. The normalized spacial score (nSPS) is 14.5. The van der Waals surface area contributed by atoms with Crippen LogP contribution in [0, 0.1) is 5.92 Å². The molecule has 1 heterocycles. The number of nitrogens with two attached hydrogens (primary N) is 4. The van der Waals surface area contributed by atoms with Crippen LogP contribution in [0.1, 0.15) is 45.1 Å². The Morgan fingerprint density at radius 2 is 1.64 bits per heavy atom. The summed E-state index contributed by atoms with van der Waals surface area (Å²) in [6.07, 6.45) is 2.16. The second-order valence-electron chi connectivity index (χ2n) is 10.1. The van der Waals surface area contributed by atoms with E-state index in [0.29, 0.717) is 18.4 Å².